The first kappa shape index (κ1) is 31.7. The molecule has 2 aromatic rings. The maximum Gasteiger partial charge on any atom is 0.408 e. The van der Waals surface area contributed by atoms with Gasteiger partial charge in [0, 0.05) is 17.8 Å². The van der Waals surface area contributed by atoms with Gasteiger partial charge in [-0.15, -0.1) is 0 Å². The summed E-state index contributed by atoms with van der Waals surface area (Å²) in [5.41, 5.74) is 1.67. The normalized spacial score (nSPS) is 12.9. The van der Waals surface area contributed by atoms with E-state index in [-0.39, 0.29) is 18.2 Å². The molecule has 39 heavy (non-hydrogen) atoms. The van der Waals surface area contributed by atoms with Crippen molar-refractivity contribution in [2.45, 2.75) is 92.3 Å². The molecule has 0 saturated heterocycles. The van der Waals surface area contributed by atoms with Crippen LogP contribution in [0.1, 0.15) is 83.5 Å². The second kappa shape index (κ2) is 14.0. The number of phenolic OH excluding ortho intramolecular Hbond substituents is 1. The van der Waals surface area contributed by atoms with Crippen molar-refractivity contribution in [2.75, 3.05) is 11.9 Å². The fraction of sp³-hybridized carbons (Fsp3) is 0.516. The molecule has 0 spiro atoms. The van der Waals surface area contributed by atoms with Crippen LogP contribution in [0.15, 0.2) is 42.5 Å². The van der Waals surface area contributed by atoms with Gasteiger partial charge < -0.3 is 25.4 Å². The number of rotatable bonds is 11. The molecule has 0 saturated carbocycles. The number of hydrogen-bond acceptors (Lipinski definition) is 5. The van der Waals surface area contributed by atoms with Gasteiger partial charge in [-0.05, 0) is 64.2 Å². The number of amides is 3. The summed E-state index contributed by atoms with van der Waals surface area (Å²) in [6.07, 6.45) is 1.71. The van der Waals surface area contributed by atoms with E-state index in [0.29, 0.717) is 23.2 Å². The number of hydrogen-bond donors (Lipinski definition) is 3. The Bertz CT molecular complexity index is 1140. The number of nitrogens with one attached hydrogen (secondary N) is 2. The number of ether oxygens (including phenoxy) is 1. The molecule has 0 aliphatic carbocycles. The molecule has 8 heteroatoms. The van der Waals surface area contributed by atoms with Gasteiger partial charge in [0.25, 0.3) is 5.91 Å². The molecule has 0 aliphatic rings. The molecule has 0 aromatic heterocycles. The molecular weight excluding hydrogens is 494 g/mol. The fourth-order valence-electron chi connectivity index (χ4n) is 4.29. The quantitative estimate of drug-likeness (QED) is 0.292. The monoisotopic (exact) mass is 539 g/mol. The van der Waals surface area contributed by atoms with Crippen LogP contribution >= 0.6 is 0 Å². The molecule has 2 rings (SSSR count). The first-order valence-corrected chi connectivity index (χ1v) is 13.7. The zero-order valence-electron chi connectivity index (χ0n) is 24.6. The lowest BCUT2D eigenvalue weighted by atomic mass is 9.96. The van der Waals surface area contributed by atoms with E-state index in [9.17, 15) is 19.5 Å². The number of anilines is 1. The van der Waals surface area contributed by atoms with Gasteiger partial charge in [-0.25, -0.2) is 4.79 Å². The lowest BCUT2D eigenvalue weighted by molar-refractivity contribution is -0.141. The number of unbranched alkanes of at least 4 members (excludes halogenated alkanes) is 2. The Kier molecular flexibility index (Phi) is 11.4. The molecular formula is C31H45N3O5. The number of aromatic hydroxyl groups is 1. The van der Waals surface area contributed by atoms with Gasteiger partial charge in [0.1, 0.15) is 23.4 Å². The lowest BCUT2D eigenvalue weighted by Gasteiger charge is -2.36. The van der Waals surface area contributed by atoms with Crippen molar-refractivity contribution in [3.63, 3.8) is 0 Å². The van der Waals surface area contributed by atoms with Crippen LogP contribution in [-0.4, -0.2) is 46.1 Å². The third-order valence-corrected chi connectivity index (χ3v) is 6.42. The topological polar surface area (TPSA) is 108 Å². The summed E-state index contributed by atoms with van der Waals surface area (Å²) in [5.74, 6) is -1.20. The summed E-state index contributed by atoms with van der Waals surface area (Å²) in [6.45, 7) is 14.9. The number of carbonyl (C=O) groups excluding carboxylic acids is 3. The predicted molar refractivity (Wildman–Crippen MR) is 155 cm³/mol. The maximum absolute atomic E-state index is 14.2. The van der Waals surface area contributed by atoms with Crippen molar-refractivity contribution in [2.24, 2.45) is 5.92 Å². The Morgan fingerprint density at radius 1 is 0.974 bits per heavy atom. The number of alkyl carbamates (subject to hydrolysis) is 1. The van der Waals surface area contributed by atoms with E-state index < -0.39 is 35.6 Å². The van der Waals surface area contributed by atoms with Gasteiger partial charge in [0.05, 0.1) is 0 Å². The van der Waals surface area contributed by atoms with Crippen LogP contribution in [0.25, 0.3) is 0 Å². The molecule has 2 unspecified atom stereocenters. The van der Waals surface area contributed by atoms with E-state index in [1.807, 2.05) is 39.0 Å². The Balaban J connectivity index is 2.60. The lowest BCUT2D eigenvalue weighted by Crippen LogP contribution is -2.54. The summed E-state index contributed by atoms with van der Waals surface area (Å²) in [4.78, 5) is 42.4. The second-order valence-electron chi connectivity index (χ2n) is 11.3. The van der Waals surface area contributed by atoms with Crippen LogP contribution < -0.4 is 10.6 Å². The third-order valence-electron chi connectivity index (χ3n) is 6.42. The highest BCUT2D eigenvalue weighted by molar-refractivity contribution is 5.99. The average Bonchev–Trinajstić information content (AvgIpc) is 2.84. The van der Waals surface area contributed by atoms with Gasteiger partial charge in [-0.2, -0.15) is 0 Å². The molecule has 2 atom stereocenters. The van der Waals surface area contributed by atoms with Crippen LogP contribution in [0, 0.1) is 19.8 Å². The summed E-state index contributed by atoms with van der Waals surface area (Å²) in [7, 11) is 0. The standard InChI is InChI=1S/C31H45N3O5/c1-9-10-13-19-34(29(37)25(20(2)3)33-30(38)39-31(6,7)8)26(23-17-14-16-22(5)27(23)35)28(36)32-24-18-12-11-15-21(24)4/h11-12,14-18,20,25-26,35H,9-10,13,19H2,1-8H3,(H,32,36)(H,33,38). The van der Waals surface area contributed by atoms with Crippen LogP contribution in [0.4, 0.5) is 10.5 Å². The van der Waals surface area contributed by atoms with Crippen molar-refractivity contribution >= 4 is 23.6 Å². The molecule has 0 aliphatic heterocycles. The largest absolute Gasteiger partial charge is 0.507 e. The number of phenols is 1. The first-order chi connectivity index (χ1) is 18.3. The van der Waals surface area contributed by atoms with Crippen LogP contribution in [0.2, 0.25) is 0 Å². The van der Waals surface area contributed by atoms with Crippen molar-refractivity contribution in [3.05, 3.63) is 59.2 Å². The van der Waals surface area contributed by atoms with Crippen LogP contribution in [0.3, 0.4) is 0 Å². The predicted octanol–water partition coefficient (Wildman–Crippen LogP) is 6.26. The van der Waals surface area contributed by atoms with Gasteiger partial charge in [-0.1, -0.05) is 70.0 Å². The van der Waals surface area contributed by atoms with E-state index in [2.05, 4.69) is 17.6 Å². The van der Waals surface area contributed by atoms with E-state index in [1.54, 1.807) is 52.0 Å². The van der Waals surface area contributed by atoms with E-state index in [1.165, 1.54) is 4.90 Å². The molecule has 214 valence electrons. The first-order valence-electron chi connectivity index (χ1n) is 13.7. The molecule has 0 bridgehead atoms. The minimum Gasteiger partial charge on any atom is -0.507 e. The third kappa shape index (κ3) is 9.01. The van der Waals surface area contributed by atoms with Crippen molar-refractivity contribution < 1.29 is 24.2 Å². The van der Waals surface area contributed by atoms with E-state index >= 15 is 0 Å². The number of nitrogens with zero attached hydrogens (tertiary/aromatic N) is 1. The minimum atomic E-state index is -1.13. The van der Waals surface area contributed by atoms with Crippen molar-refractivity contribution in [1.82, 2.24) is 10.2 Å². The van der Waals surface area contributed by atoms with E-state index in [0.717, 1.165) is 18.4 Å². The van der Waals surface area contributed by atoms with Gasteiger partial charge in [-0.3, -0.25) is 9.59 Å². The molecule has 0 radical (unpaired) electrons. The number of carbonyl (C=O) groups is 3. The minimum absolute atomic E-state index is 0.0445. The number of aryl methyl sites for hydroxylation is 2. The Morgan fingerprint density at radius 2 is 1.62 bits per heavy atom. The Hall–Kier alpha value is -3.55. The smallest absolute Gasteiger partial charge is 0.408 e. The average molecular weight is 540 g/mol. The maximum atomic E-state index is 14.2. The summed E-state index contributed by atoms with van der Waals surface area (Å²) in [6, 6.07) is 10.5. The summed E-state index contributed by atoms with van der Waals surface area (Å²) < 4.78 is 5.43. The van der Waals surface area contributed by atoms with Gasteiger partial charge >= 0.3 is 6.09 Å². The van der Waals surface area contributed by atoms with Crippen molar-refractivity contribution in [3.8, 4) is 5.75 Å². The van der Waals surface area contributed by atoms with Crippen LogP contribution in [0.5, 0.6) is 5.75 Å². The molecule has 0 heterocycles. The van der Waals surface area contributed by atoms with Gasteiger partial charge in [0.15, 0.2) is 0 Å². The summed E-state index contributed by atoms with van der Waals surface area (Å²) >= 11 is 0. The van der Waals surface area contributed by atoms with E-state index in [4.69, 9.17) is 4.74 Å². The van der Waals surface area contributed by atoms with Crippen LogP contribution in [-0.2, 0) is 14.3 Å². The molecule has 2 aromatic carbocycles. The fourth-order valence-corrected chi connectivity index (χ4v) is 4.29. The van der Waals surface area contributed by atoms with Crippen molar-refractivity contribution in [1.29, 1.82) is 0 Å². The highest BCUT2D eigenvalue weighted by Crippen LogP contribution is 2.34. The Labute approximate surface area is 233 Å². The number of para-hydroxylation sites is 2. The highest BCUT2D eigenvalue weighted by Gasteiger charge is 2.38. The SMILES string of the molecule is CCCCCN(C(=O)C(NC(=O)OC(C)(C)C)C(C)C)C(C(=O)Nc1ccccc1C)c1cccc(C)c1O. The molecule has 3 amide bonds. The molecule has 0 fully saturated rings. The number of benzene rings is 2. The highest BCUT2D eigenvalue weighted by atomic mass is 16.6. The second-order valence-corrected chi connectivity index (χ2v) is 11.3. The zero-order chi connectivity index (χ0) is 29.3. The Morgan fingerprint density at radius 3 is 2.21 bits per heavy atom. The summed E-state index contributed by atoms with van der Waals surface area (Å²) in [5, 5.41) is 16.7. The molecule has 3 N–H and O–H groups in total. The zero-order valence-corrected chi connectivity index (χ0v) is 24.6. The molecule has 8 nitrogen and oxygen atoms in total. The van der Waals surface area contributed by atoms with Gasteiger partial charge in [0.2, 0.25) is 5.91 Å².